The summed E-state index contributed by atoms with van der Waals surface area (Å²) < 4.78 is 0. The summed E-state index contributed by atoms with van der Waals surface area (Å²) in [5.41, 5.74) is 4.07. The van der Waals surface area contributed by atoms with E-state index in [0.717, 1.165) is 42.6 Å². The number of aryl methyl sites for hydroxylation is 1. The molecule has 3 aromatic rings. The maximum absolute atomic E-state index is 13.4. The average molecular weight is 549 g/mol. The third-order valence-electron chi connectivity index (χ3n) is 7.72. The number of carboxylic acids is 1. The summed E-state index contributed by atoms with van der Waals surface area (Å²) in [6.07, 6.45) is 7.52. The van der Waals surface area contributed by atoms with Crippen molar-refractivity contribution in [2.75, 3.05) is 19.6 Å². The first-order valence-corrected chi connectivity index (χ1v) is 14.1. The number of hydrogen-bond donors (Lipinski definition) is 1. The minimum atomic E-state index is -0.821. The Hall–Kier alpha value is -3.52. The normalized spacial score (nSPS) is 16.6. The molecule has 0 unspecified atom stereocenters. The number of benzene rings is 2. The molecule has 1 saturated carbocycles. The number of nitrogens with zero attached hydrogens (tertiary/aromatic N) is 4. The van der Waals surface area contributed by atoms with Gasteiger partial charge in [0.05, 0.1) is 22.4 Å². The van der Waals surface area contributed by atoms with Crippen LogP contribution in [0.3, 0.4) is 0 Å². The molecule has 2 heterocycles. The number of carbonyl (C=O) groups is 3. The lowest BCUT2D eigenvalue weighted by Crippen LogP contribution is -2.55. The number of halogens is 1. The van der Waals surface area contributed by atoms with E-state index in [1.165, 1.54) is 6.42 Å². The first-order valence-electron chi connectivity index (χ1n) is 13.8. The van der Waals surface area contributed by atoms with Crippen LogP contribution in [-0.2, 0) is 16.0 Å². The second-order valence-corrected chi connectivity index (χ2v) is 10.9. The zero-order chi connectivity index (χ0) is 27.4. The molecule has 0 spiro atoms. The number of amides is 2. The van der Waals surface area contributed by atoms with Crippen LogP contribution in [0.25, 0.3) is 22.3 Å². The highest BCUT2D eigenvalue weighted by Gasteiger charge is 2.32. The summed E-state index contributed by atoms with van der Waals surface area (Å²) in [5, 5.41) is 9.62. The van der Waals surface area contributed by atoms with Crippen LogP contribution in [0.2, 0.25) is 5.02 Å². The Bertz CT molecular complexity index is 1370. The van der Waals surface area contributed by atoms with Crippen LogP contribution in [0.4, 0.5) is 0 Å². The quantitative estimate of drug-likeness (QED) is 0.380. The van der Waals surface area contributed by atoms with Crippen LogP contribution in [0, 0.1) is 0 Å². The van der Waals surface area contributed by atoms with Crippen LogP contribution >= 0.6 is 11.6 Å². The number of hydrogen-bond acceptors (Lipinski definition) is 5. The van der Waals surface area contributed by atoms with Gasteiger partial charge in [0.2, 0.25) is 5.91 Å². The van der Waals surface area contributed by atoms with Gasteiger partial charge in [0, 0.05) is 41.7 Å². The Balaban J connectivity index is 1.37. The number of rotatable bonds is 8. The minimum Gasteiger partial charge on any atom is -0.481 e. The number of carbonyl (C=O) groups excluding carboxylic acids is 2. The van der Waals surface area contributed by atoms with Crippen LogP contribution in [-0.4, -0.2) is 68.3 Å². The monoisotopic (exact) mass is 548 g/mol. The smallest absolute Gasteiger partial charge is 0.303 e. The molecule has 1 aromatic heterocycles. The topological polar surface area (TPSA) is 104 Å². The van der Waals surface area contributed by atoms with Crippen molar-refractivity contribution in [2.45, 2.75) is 63.8 Å². The van der Waals surface area contributed by atoms with Crippen molar-refractivity contribution < 1.29 is 19.5 Å². The van der Waals surface area contributed by atoms with Crippen LogP contribution < -0.4 is 0 Å². The van der Waals surface area contributed by atoms with Gasteiger partial charge in [-0.05, 0) is 62.4 Å². The molecule has 1 aliphatic heterocycles. The number of piperazine rings is 1. The predicted molar refractivity (Wildman–Crippen MR) is 150 cm³/mol. The number of aromatic nitrogens is 2. The van der Waals surface area contributed by atoms with Gasteiger partial charge in [0.1, 0.15) is 6.54 Å². The average Bonchev–Trinajstić information content (AvgIpc) is 2.95. The van der Waals surface area contributed by atoms with Crippen molar-refractivity contribution in [1.82, 2.24) is 19.8 Å². The fourth-order valence-corrected chi connectivity index (χ4v) is 5.75. The van der Waals surface area contributed by atoms with E-state index < -0.39 is 5.97 Å². The molecule has 0 atom stereocenters. The SMILES string of the molecule is O=C(O)CCCCc1nc2cc(C(=O)N3CCN(C4CCCCC4)C(=O)C3)ccc2nc1-c1ccc(Cl)cc1. The lowest BCUT2D eigenvalue weighted by atomic mass is 9.93. The van der Waals surface area contributed by atoms with Gasteiger partial charge in [-0.15, -0.1) is 0 Å². The van der Waals surface area contributed by atoms with E-state index in [9.17, 15) is 14.4 Å². The van der Waals surface area contributed by atoms with Crippen LogP contribution in [0.5, 0.6) is 0 Å². The maximum atomic E-state index is 13.4. The van der Waals surface area contributed by atoms with Crippen LogP contribution in [0.15, 0.2) is 42.5 Å². The number of aliphatic carboxylic acids is 1. The molecule has 39 heavy (non-hydrogen) atoms. The molecular formula is C30H33ClN4O4. The molecule has 8 nitrogen and oxygen atoms in total. The summed E-state index contributed by atoms with van der Waals surface area (Å²) >= 11 is 6.08. The lowest BCUT2D eigenvalue weighted by molar-refractivity contribution is -0.138. The summed E-state index contributed by atoms with van der Waals surface area (Å²) in [6.45, 7) is 1.20. The first-order chi connectivity index (χ1) is 18.9. The van der Waals surface area contributed by atoms with Crippen molar-refractivity contribution in [3.63, 3.8) is 0 Å². The molecule has 204 valence electrons. The van der Waals surface area contributed by atoms with Gasteiger partial charge < -0.3 is 14.9 Å². The molecule has 2 aromatic carbocycles. The van der Waals surface area contributed by atoms with Gasteiger partial charge in [-0.25, -0.2) is 9.97 Å². The largest absolute Gasteiger partial charge is 0.481 e. The highest BCUT2D eigenvalue weighted by molar-refractivity contribution is 6.30. The van der Waals surface area contributed by atoms with Crippen molar-refractivity contribution in [3.05, 3.63) is 58.7 Å². The maximum Gasteiger partial charge on any atom is 0.303 e. The third-order valence-corrected chi connectivity index (χ3v) is 7.97. The highest BCUT2D eigenvalue weighted by atomic mass is 35.5. The molecule has 0 bridgehead atoms. The predicted octanol–water partition coefficient (Wildman–Crippen LogP) is 5.36. The Kier molecular flexibility index (Phi) is 8.41. The zero-order valence-electron chi connectivity index (χ0n) is 21.9. The van der Waals surface area contributed by atoms with Gasteiger partial charge in [0.25, 0.3) is 5.91 Å². The van der Waals surface area contributed by atoms with Gasteiger partial charge in [0.15, 0.2) is 0 Å². The second-order valence-electron chi connectivity index (χ2n) is 10.4. The Morgan fingerprint density at radius 2 is 1.72 bits per heavy atom. The Labute approximate surface area is 233 Å². The standard InChI is InChI=1S/C30H33ClN4O4/c31-22-13-10-20(11-14-22)29-25(8-4-5-9-28(37)38)32-26-18-21(12-15-24(26)33-29)30(39)34-16-17-35(27(36)19-34)23-6-2-1-3-7-23/h10-15,18,23H,1-9,16-17,19H2,(H,37,38). The number of carboxylic acid groups (broad SMARTS) is 1. The van der Waals surface area contributed by atoms with E-state index in [4.69, 9.17) is 26.7 Å². The second kappa shape index (κ2) is 12.1. The third kappa shape index (κ3) is 6.38. The molecule has 1 aliphatic carbocycles. The fourth-order valence-electron chi connectivity index (χ4n) is 5.63. The molecule has 5 rings (SSSR count). The van der Waals surface area contributed by atoms with Gasteiger partial charge in [-0.1, -0.05) is 43.0 Å². The minimum absolute atomic E-state index is 0.0262. The van der Waals surface area contributed by atoms with Crippen molar-refractivity contribution in [1.29, 1.82) is 0 Å². The van der Waals surface area contributed by atoms with Crippen LogP contribution in [0.1, 0.15) is 67.4 Å². The summed E-state index contributed by atoms with van der Waals surface area (Å²) in [7, 11) is 0. The Morgan fingerprint density at radius 1 is 0.949 bits per heavy atom. The number of fused-ring (bicyclic) bond motifs is 1. The van der Waals surface area contributed by atoms with Gasteiger partial charge in [-0.3, -0.25) is 14.4 Å². The van der Waals surface area contributed by atoms with Gasteiger partial charge in [-0.2, -0.15) is 0 Å². The number of unbranched alkanes of at least 4 members (excludes halogenated alkanes) is 1. The Morgan fingerprint density at radius 3 is 2.44 bits per heavy atom. The van der Waals surface area contributed by atoms with E-state index in [1.54, 1.807) is 35.2 Å². The summed E-state index contributed by atoms with van der Waals surface area (Å²) in [6, 6.07) is 13.0. The molecule has 9 heteroatoms. The summed E-state index contributed by atoms with van der Waals surface area (Å²) in [4.78, 5) is 50.6. The molecule has 2 amide bonds. The van der Waals surface area contributed by atoms with Gasteiger partial charge >= 0.3 is 5.97 Å². The molecular weight excluding hydrogens is 516 g/mol. The van der Waals surface area contributed by atoms with Crippen molar-refractivity contribution >= 4 is 40.4 Å². The lowest BCUT2D eigenvalue weighted by Gasteiger charge is -2.40. The van der Waals surface area contributed by atoms with E-state index >= 15 is 0 Å². The van der Waals surface area contributed by atoms with E-state index in [2.05, 4.69) is 0 Å². The van der Waals surface area contributed by atoms with Crippen molar-refractivity contribution in [3.8, 4) is 11.3 Å². The molecule has 1 N–H and O–H groups in total. The van der Waals surface area contributed by atoms with Crippen molar-refractivity contribution in [2.24, 2.45) is 0 Å². The highest BCUT2D eigenvalue weighted by Crippen LogP contribution is 2.28. The molecule has 2 fully saturated rings. The first kappa shape index (κ1) is 27.1. The zero-order valence-corrected chi connectivity index (χ0v) is 22.7. The van der Waals surface area contributed by atoms with E-state index in [-0.39, 0.29) is 24.8 Å². The molecule has 2 aliphatic rings. The fraction of sp³-hybridized carbons (Fsp3) is 0.433. The summed E-state index contributed by atoms with van der Waals surface area (Å²) in [5.74, 6) is -0.975. The molecule has 1 saturated heterocycles. The molecule has 0 radical (unpaired) electrons. The van der Waals surface area contributed by atoms with E-state index in [0.29, 0.717) is 60.0 Å². The van der Waals surface area contributed by atoms with E-state index in [1.807, 2.05) is 17.0 Å².